The van der Waals surface area contributed by atoms with Crippen LogP contribution in [0, 0.1) is 17.1 Å². The van der Waals surface area contributed by atoms with Gasteiger partial charge in [0.05, 0.1) is 6.54 Å². The average molecular weight is 283 g/mol. The molecule has 0 N–H and O–H groups in total. The molecule has 0 amide bonds. The van der Waals surface area contributed by atoms with Crippen LogP contribution in [0.1, 0.15) is 11.4 Å². The second-order valence-electron chi connectivity index (χ2n) is 4.47. The highest BCUT2D eigenvalue weighted by molar-refractivity contribution is 5.79. The predicted octanol–water partition coefficient (Wildman–Crippen LogP) is 2.26. The molecule has 7 heteroatoms. The fourth-order valence-corrected chi connectivity index (χ4v) is 2.07. The topological polar surface area (TPSA) is 78.8 Å². The molecule has 0 aliphatic rings. The van der Waals surface area contributed by atoms with E-state index >= 15 is 0 Å². The molecule has 0 unspecified atom stereocenters. The molecule has 1 aromatic carbocycles. The van der Waals surface area contributed by atoms with E-state index in [1.165, 1.54) is 24.5 Å². The summed E-state index contributed by atoms with van der Waals surface area (Å²) in [5, 5.41) is 13.7. The van der Waals surface area contributed by atoms with E-state index in [9.17, 15) is 4.39 Å². The molecular weight excluding hydrogens is 273 g/mol. The molecular formula is C14H10FN5O. The van der Waals surface area contributed by atoms with Crippen molar-refractivity contribution in [1.82, 2.24) is 15.1 Å². The summed E-state index contributed by atoms with van der Waals surface area (Å²) in [4.78, 5) is 9.85. The van der Waals surface area contributed by atoms with Crippen LogP contribution in [-0.4, -0.2) is 22.2 Å². The lowest BCUT2D eigenvalue weighted by atomic mass is 10.2. The number of nitrogens with zero attached hydrogens (tertiary/aromatic N) is 5. The average Bonchev–Trinajstić information content (AvgIpc) is 2.89. The Hall–Kier alpha value is -3.01. The number of hydrogen-bond donors (Lipinski definition) is 0. The van der Waals surface area contributed by atoms with Crippen molar-refractivity contribution in [1.29, 1.82) is 5.26 Å². The number of benzene rings is 1. The van der Waals surface area contributed by atoms with E-state index in [-0.39, 0.29) is 11.5 Å². The van der Waals surface area contributed by atoms with Gasteiger partial charge in [0, 0.05) is 30.9 Å². The smallest absolute Gasteiger partial charge is 0.183 e. The minimum atomic E-state index is -0.376. The molecule has 0 fully saturated rings. The predicted molar refractivity (Wildman–Crippen MR) is 72.8 cm³/mol. The van der Waals surface area contributed by atoms with Crippen LogP contribution in [0.2, 0.25) is 0 Å². The van der Waals surface area contributed by atoms with Gasteiger partial charge >= 0.3 is 0 Å². The van der Waals surface area contributed by atoms with Crippen LogP contribution in [-0.2, 0) is 6.54 Å². The zero-order valence-electron chi connectivity index (χ0n) is 11.1. The van der Waals surface area contributed by atoms with Gasteiger partial charge in [-0.3, -0.25) is 0 Å². The molecule has 0 saturated carbocycles. The largest absolute Gasteiger partial charge is 0.356 e. The van der Waals surface area contributed by atoms with E-state index < -0.39 is 0 Å². The first-order valence-electron chi connectivity index (χ1n) is 6.15. The van der Waals surface area contributed by atoms with Crippen LogP contribution < -0.4 is 4.90 Å². The maximum Gasteiger partial charge on any atom is 0.183 e. The summed E-state index contributed by atoms with van der Waals surface area (Å²) in [5.74, 6) is 0.0810. The van der Waals surface area contributed by atoms with Crippen molar-refractivity contribution in [2.45, 2.75) is 6.54 Å². The lowest BCUT2D eigenvalue weighted by molar-refractivity contribution is 0.444. The quantitative estimate of drug-likeness (QED) is 0.733. The van der Waals surface area contributed by atoms with E-state index in [0.717, 1.165) is 5.39 Å². The number of halogens is 1. The molecule has 3 aromatic rings. The van der Waals surface area contributed by atoms with Crippen LogP contribution in [0.25, 0.3) is 11.0 Å². The highest BCUT2D eigenvalue weighted by Crippen LogP contribution is 2.22. The Kier molecular flexibility index (Phi) is 3.20. The fraction of sp³-hybridized carbons (Fsp3) is 0.143. The van der Waals surface area contributed by atoms with Gasteiger partial charge in [0.15, 0.2) is 17.1 Å². The third-order valence-corrected chi connectivity index (χ3v) is 3.04. The van der Waals surface area contributed by atoms with Crippen molar-refractivity contribution in [2.75, 3.05) is 11.9 Å². The maximum absolute atomic E-state index is 13.1. The van der Waals surface area contributed by atoms with Crippen molar-refractivity contribution in [2.24, 2.45) is 0 Å². The summed E-state index contributed by atoms with van der Waals surface area (Å²) < 4.78 is 18.2. The molecule has 0 aliphatic heterocycles. The number of aromatic nitrogens is 3. The van der Waals surface area contributed by atoms with Crippen molar-refractivity contribution in [3.63, 3.8) is 0 Å². The summed E-state index contributed by atoms with van der Waals surface area (Å²) in [5.41, 5.74) is 1.26. The molecule has 2 heterocycles. The molecule has 21 heavy (non-hydrogen) atoms. The Morgan fingerprint density at radius 1 is 1.33 bits per heavy atom. The number of fused-ring (bicyclic) bond motifs is 1. The first kappa shape index (κ1) is 13.0. The molecule has 0 spiro atoms. The fourth-order valence-electron chi connectivity index (χ4n) is 2.07. The normalized spacial score (nSPS) is 10.5. The zero-order valence-corrected chi connectivity index (χ0v) is 11.1. The minimum Gasteiger partial charge on any atom is -0.356 e. The Morgan fingerprint density at radius 3 is 2.95 bits per heavy atom. The maximum atomic E-state index is 13.1. The highest BCUT2D eigenvalue weighted by Gasteiger charge is 2.15. The number of hydrogen-bond acceptors (Lipinski definition) is 6. The summed E-state index contributed by atoms with van der Waals surface area (Å²) in [7, 11) is 1.77. The lowest BCUT2D eigenvalue weighted by Crippen LogP contribution is -2.19. The molecule has 6 nitrogen and oxygen atoms in total. The Balaban J connectivity index is 1.93. The van der Waals surface area contributed by atoms with E-state index in [1.807, 2.05) is 6.07 Å². The van der Waals surface area contributed by atoms with Gasteiger partial charge in [0.25, 0.3) is 0 Å². The first-order chi connectivity index (χ1) is 10.2. The number of rotatable bonds is 3. The number of anilines is 1. The Morgan fingerprint density at radius 2 is 2.14 bits per heavy atom. The molecule has 0 aliphatic carbocycles. The molecule has 3 rings (SSSR count). The third kappa shape index (κ3) is 2.39. The second kappa shape index (κ2) is 5.17. The third-order valence-electron chi connectivity index (χ3n) is 3.04. The minimum absolute atomic E-state index is 0.235. The van der Waals surface area contributed by atoms with Gasteiger partial charge in [-0.1, -0.05) is 5.16 Å². The van der Waals surface area contributed by atoms with E-state index in [1.54, 1.807) is 18.0 Å². The van der Waals surface area contributed by atoms with Gasteiger partial charge in [0.1, 0.15) is 17.6 Å². The number of nitriles is 1. The van der Waals surface area contributed by atoms with E-state index in [4.69, 9.17) is 9.78 Å². The molecule has 104 valence electrons. The summed E-state index contributed by atoms with van der Waals surface area (Å²) in [6.45, 7) is 0.367. The first-order valence-corrected chi connectivity index (χ1v) is 6.15. The van der Waals surface area contributed by atoms with Gasteiger partial charge in [-0.05, 0) is 12.1 Å². The zero-order chi connectivity index (χ0) is 14.8. The van der Waals surface area contributed by atoms with Gasteiger partial charge in [-0.2, -0.15) is 5.26 Å². The van der Waals surface area contributed by atoms with Crippen LogP contribution in [0.4, 0.5) is 10.2 Å². The van der Waals surface area contributed by atoms with Gasteiger partial charge in [-0.15, -0.1) is 0 Å². The summed E-state index contributed by atoms with van der Waals surface area (Å²) in [6.07, 6.45) is 2.98. The monoisotopic (exact) mass is 283 g/mol. The van der Waals surface area contributed by atoms with Crippen LogP contribution >= 0.6 is 0 Å². The molecule has 2 aromatic heterocycles. The van der Waals surface area contributed by atoms with Crippen LogP contribution in [0.3, 0.4) is 0 Å². The van der Waals surface area contributed by atoms with E-state index in [0.29, 0.717) is 23.6 Å². The van der Waals surface area contributed by atoms with Crippen LogP contribution in [0.5, 0.6) is 0 Å². The molecule has 0 bridgehead atoms. The van der Waals surface area contributed by atoms with Crippen molar-refractivity contribution < 1.29 is 8.91 Å². The highest BCUT2D eigenvalue weighted by atomic mass is 19.1. The van der Waals surface area contributed by atoms with Crippen molar-refractivity contribution in [3.05, 3.63) is 47.8 Å². The van der Waals surface area contributed by atoms with E-state index in [2.05, 4.69) is 15.1 Å². The van der Waals surface area contributed by atoms with Crippen LogP contribution in [0.15, 0.2) is 35.1 Å². The van der Waals surface area contributed by atoms with Crippen molar-refractivity contribution in [3.8, 4) is 6.07 Å². The summed E-state index contributed by atoms with van der Waals surface area (Å²) >= 11 is 0. The van der Waals surface area contributed by atoms with Gasteiger partial charge < -0.3 is 9.42 Å². The Bertz CT molecular complexity index is 839. The van der Waals surface area contributed by atoms with Gasteiger partial charge in [0.2, 0.25) is 0 Å². The SMILES string of the molecule is CN(Cc1noc2cc(F)ccc12)c1nccnc1C#N. The van der Waals surface area contributed by atoms with Crippen molar-refractivity contribution >= 4 is 16.8 Å². The molecule has 0 radical (unpaired) electrons. The molecule has 0 saturated heterocycles. The molecule has 0 atom stereocenters. The summed E-state index contributed by atoms with van der Waals surface area (Å²) in [6, 6.07) is 6.25. The Labute approximate surface area is 119 Å². The van der Waals surface area contributed by atoms with Gasteiger partial charge in [-0.25, -0.2) is 14.4 Å². The lowest BCUT2D eigenvalue weighted by Gasteiger charge is -2.16. The second-order valence-corrected chi connectivity index (χ2v) is 4.47. The standard InChI is InChI=1S/C14H10FN5O/c1-20(14-11(7-16)17-4-5-18-14)8-12-10-3-2-9(15)6-13(10)21-19-12/h2-6H,8H2,1H3.